The SMILES string of the molecule is c1ccc2c(c1)Oc1ccccc1C21c2ccccc2-c2c(N(c3cccc4c3-c3ccccc3C43c4ccccc4Sc4ccccc43)c3cccc4c3-c3ccccc3C43c4ccccc4Sc4ccccc43)cccc21. The minimum Gasteiger partial charge on any atom is -0.457 e. The molecule has 2 nitrogen and oxygen atoms in total. The molecule has 0 amide bonds. The zero-order valence-corrected chi connectivity index (χ0v) is 44.3. The average molecular weight is 1040 g/mol. The molecule has 0 aromatic heterocycles. The molecule has 0 radical (unpaired) electrons. The molecule has 12 aromatic carbocycles. The Hall–Kier alpha value is -9.06. The molecular formula is C75H45NOS2. The third-order valence-electron chi connectivity index (χ3n) is 18.3. The van der Waals surface area contributed by atoms with Gasteiger partial charge >= 0.3 is 0 Å². The summed E-state index contributed by atoms with van der Waals surface area (Å²) in [6.45, 7) is 0. The van der Waals surface area contributed by atoms with Crippen LogP contribution in [0.15, 0.2) is 293 Å². The van der Waals surface area contributed by atoms with Crippen LogP contribution in [0.1, 0.15) is 66.8 Å². The van der Waals surface area contributed by atoms with Gasteiger partial charge in [0, 0.05) is 47.4 Å². The number of anilines is 3. The second-order valence-electron chi connectivity index (χ2n) is 21.6. The van der Waals surface area contributed by atoms with Gasteiger partial charge in [-0.15, -0.1) is 0 Å². The quantitative estimate of drug-likeness (QED) is 0.175. The summed E-state index contributed by atoms with van der Waals surface area (Å²) in [4.78, 5) is 7.86. The van der Waals surface area contributed by atoms with E-state index in [0.717, 1.165) is 39.7 Å². The topological polar surface area (TPSA) is 12.5 Å². The van der Waals surface area contributed by atoms with E-state index in [9.17, 15) is 0 Å². The Labute approximate surface area is 467 Å². The molecule has 3 spiro atoms. The van der Waals surface area contributed by atoms with Crippen LogP contribution in [-0.4, -0.2) is 0 Å². The van der Waals surface area contributed by atoms with Gasteiger partial charge in [-0.1, -0.05) is 242 Å². The number of para-hydroxylation sites is 2. The number of rotatable bonds is 3. The number of fused-ring (bicyclic) bond motifs is 27. The lowest BCUT2D eigenvalue weighted by molar-refractivity contribution is 0.436. The highest BCUT2D eigenvalue weighted by atomic mass is 32.2. The molecule has 6 aliphatic rings. The van der Waals surface area contributed by atoms with Crippen molar-refractivity contribution in [2.75, 3.05) is 4.90 Å². The van der Waals surface area contributed by atoms with Crippen molar-refractivity contribution in [3.05, 3.63) is 340 Å². The van der Waals surface area contributed by atoms with Gasteiger partial charge in [0.25, 0.3) is 0 Å². The Balaban J connectivity index is 1.00. The zero-order valence-electron chi connectivity index (χ0n) is 42.7. The Morgan fingerprint density at radius 2 is 0.481 bits per heavy atom. The molecule has 0 fully saturated rings. The van der Waals surface area contributed by atoms with Crippen LogP contribution in [0.4, 0.5) is 17.1 Å². The molecule has 4 heteroatoms. The van der Waals surface area contributed by atoms with Crippen LogP contribution in [0.5, 0.6) is 11.5 Å². The van der Waals surface area contributed by atoms with E-state index in [0.29, 0.717) is 0 Å². The van der Waals surface area contributed by atoms with Crippen LogP contribution in [0.3, 0.4) is 0 Å². The van der Waals surface area contributed by atoms with E-state index >= 15 is 0 Å². The maximum absolute atomic E-state index is 6.87. The summed E-state index contributed by atoms with van der Waals surface area (Å²) >= 11 is 3.78. The van der Waals surface area contributed by atoms with E-state index in [1.54, 1.807) is 0 Å². The number of ether oxygens (including phenoxy) is 1. The average Bonchev–Trinajstić information content (AvgIpc) is 3.68. The molecule has 12 aromatic rings. The monoisotopic (exact) mass is 1040 g/mol. The summed E-state index contributed by atoms with van der Waals surface area (Å²) in [6, 6.07) is 103. The molecule has 0 unspecified atom stereocenters. The second kappa shape index (κ2) is 16.0. The number of hydrogen-bond acceptors (Lipinski definition) is 4. The maximum atomic E-state index is 6.87. The van der Waals surface area contributed by atoms with Crippen molar-refractivity contribution in [2.24, 2.45) is 0 Å². The van der Waals surface area contributed by atoms with E-state index in [1.165, 1.54) is 109 Å². The van der Waals surface area contributed by atoms with Gasteiger partial charge in [0.1, 0.15) is 11.5 Å². The van der Waals surface area contributed by atoms with Crippen LogP contribution in [0, 0.1) is 0 Å². The molecule has 368 valence electrons. The fourth-order valence-electron chi connectivity index (χ4n) is 15.6. The summed E-state index contributed by atoms with van der Waals surface area (Å²) in [7, 11) is 0. The normalized spacial score (nSPS) is 15.4. The first-order chi connectivity index (χ1) is 39.2. The lowest BCUT2D eigenvalue weighted by Gasteiger charge is -2.40. The van der Waals surface area contributed by atoms with Crippen LogP contribution < -0.4 is 9.64 Å². The molecule has 0 N–H and O–H groups in total. The molecule has 3 heterocycles. The summed E-state index contributed by atoms with van der Waals surface area (Å²) < 4.78 is 6.87. The largest absolute Gasteiger partial charge is 0.457 e. The highest BCUT2D eigenvalue weighted by molar-refractivity contribution is 7.99. The first kappa shape index (κ1) is 44.0. The van der Waals surface area contributed by atoms with E-state index < -0.39 is 16.2 Å². The predicted molar refractivity (Wildman–Crippen MR) is 321 cm³/mol. The summed E-state index contributed by atoms with van der Waals surface area (Å²) in [5.41, 5.74) is 24.4. The Bertz CT molecular complexity index is 4040. The van der Waals surface area contributed by atoms with Crippen molar-refractivity contribution in [3.63, 3.8) is 0 Å². The van der Waals surface area contributed by atoms with E-state index in [4.69, 9.17) is 4.74 Å². The molecule has 3 aliphatic carbocycles. The molecule has 18 rings (SSSR count). The molecule has 0 bridgehead atoms. The Morgan fingerprint density at radius 1 is 0.228 bits per heavy atom. The summed E-state index contributed by atoms with van der Waals surface area (Å²) in [6.07, 6.45) is 0. The molecule has 79 heavy (non-hydrogen) atoms. The smallest absolute Gasteiger partial charge is 0.132 e. The fourth-order valence-corrected chi connectivity index (χ4v) is 18.0. The van der Waals surface area contributed by atoms with Crippen LogP contribution in [0.2, 0.25) is 0 Å². The standard InChI is InChI=1S/C75H45NOS2/c1-4-25-49-46(22-1)70-58(73(49)52-28-7-13-40-64(52)77-65-41-14-8-29-53(65)73)34-19-37-61(70)76(62-38-20-35-59-71(62)47-23-2-5-26-50(47)74(59)54-30-9-15-42-66(54)78-67-43-16-10-31-55(67)74)63-39-21-36-60-72(63)48-24-3-6-27-51(48)75(60)56-32-11-17-44-68(56)79-69-45-18-12-33-57(69)75/h1-45H. The van der Waals surface area contributed by atoms with Crippen molar-refractivity contribution in [1.29, 1.82) is 0 Å². The van der Waals surface area contributed by atoms with Gasteiger partial charge in [0.15, 0.2) is 0 Å². The number of hydrogen-bond donors (Lipinski definition) is 0. The van der Waals surface area contributed by atoms with Crippen LogP contribution >= 0.6 is 23.5 Å². The minimum atomic E-state index is -0.663. The van der Waals surface area contributed by atoms with Gasteiger partial charge in [-0.25, -0.2) is 0 Å². The maximum Gasteiger partial charge on any atom is 0.132 e. The van der Waals surface area contributed by atoms with Gasteiger partial charge in [-0.05, 0) is 127 Å². The highest BCUT2D eigenvalue weighted by Gasteiger charge is 2.56. The third kappa shape index (κ3) is 5.37. The highest BCUT2D eigenvalue weighted by Crippen LogP contribution is 2.69. The molecule has 0 saturated heterocycles. The van der Waals surface area contributed by atoms with Gasteiger partial charge < -0.3 is 9.64 Å². The third-order valence-corrected chi connectivity index (χ3v) is 20.6. The van der Waals surface area contributed by atoms with Crippen molar-refractivity contribution in [2.45, 2.75) is 35.8 Å². The van der Waals surface area contributed by atoms with E-state index in [2.05, 4.69) is 278 Å². The summed E-state index contributed by atoms with van der Waals surface area (Å²) in [5.74, 6) is 1.77. The van der Waals surface area contributed by atoms with E-state index in [1.807, 2.05) is 23.5 Å². The molecule has 0 atom stereocenters. The van der Waals surface area contributed by atoms with Crippen LogP contribution in [0.25, 0.3) is 33.4 Å². The van der Waals surface area contributed by atoms with Crippen molar-refractivity contribution in [1.82, 2.24) is 0 Å². The predicted octanol–water partition coefficient (Wildman–Crippen LogP) is 19.3. The fraction of sp³-hybridized carbons (Fsp3) is 0.0400. The first-order valence-corrected chi connectivity index (χ1v) is 29.0. The lowest BCUT2D eigenvalue weighted by atomic mass is 9.66. The number of nitrogens with zero attached hydrogens (tertiary/aromatic N) is 1. The zero-order chi connectivity index (χ0) is 51.6. The summed E-state index contributed by atoms with van der Waals surface area (Å²) in [5, 5.41) is 0. The van der Waals surface area contributed by atoms with Gasteiger partial charge in [0.2, 0.25) is 0 Å². The van der Waals surface area contributed by atoms with Crippen LogP contribution in [-0.2, 0) is 16.2 Å². The van der Waals surface area contributed by atoms with Crippen molar-refractivity contribution >= 4 is 40.6 Å². The minimum absolute atomic E-state index is 0.570. The number of benzene rings is 12. The Morgan fingerprint density at radius 3 is 0.823 bits per heavy atom. The van der Waals surface area contributed by atoms with Gasteiger partial charge in [0.05, 0.1) is 33.3 Å². The van der Waals surface area contributed by atoms with Gasteiger partial charge in [-0.3, -0.25) is 0 Å². The Kier molecular flexibility index (Phi) is 8.92. The second-order valence-corrected chi connectivity index (χ2v) is 23.8. The molecular weight excluding hydrogens is 995 g/mol. The van der Waals surface area contributed by atoms with Gasteiger partial charge in [-0.2, -0.15) is 0 Å². The van der Waals surface area contributed by atoms with Crippen molar-refractivity contribution < 1.29 is 4.74 Å². The van der Waals surface area contributed by atoms with Crippen molar-refractivity contribution in [3.8, 4) is 44.9 Å². The molecule has 0 saturated carbocycles. The first-order valence-electron chi connectivity index (χ1n) is 27.3. The van der Waals surface area contributed by atoms with E-state index in [-0.39, 0.29) is 0 Å². The molecule has 3 aliphatic heterocycles. The lowest BCUT2D eigenvalue weighted by Crippen LogP contribution is -2.32.